The van der Waals surface area contributed by atoms with Gasteiger partial charge in [0.05, 0.1) is 6.61 Å². The first-order chi connectivity index (χ1) is 8.11. The van der Waals surface area contributed by atoms with E-state index in [0.717, 1.165) is 18.8 Å². The van der Waals surface area contributed by atoms with Gasteiger partial charge in [0.1, 0.15) is 5.75 Å². The van der Waals surface area contributed by atoms with Crippen LogP contribution in [0.2, 0.25) is 0 Å². The molecule has 0 spiro atoms. The Morgan fingerprint density at radius 3 is 2.53 bits per heavy atom. The summed E-state index contributed by atoms with van der Waals surface area (Å²) in [5, 5.41) is 0. The average molecular weight is 230 g/mol. The summed E-state index contributed by atoms with van der Waals surface area (Å²) in [6.07, 6.45) is 0.921. The minimum atomic E-state index is 0.483. The zero-order valence-corrected chi connectivity index (χ0v) is 11.6. The lowest BCUT2D eigenvalue weighted by Crippen LogP contribution is -2.01. The summed E-state index contributed by atoms with van der Waals surface area (Å²) in [5.41, 5.74) is 3.97. The van der Waals surface area contributed by atoms with Gasteiger partial charge in [-0.3, -0.25) is 0 Å². The molecule has 0 heterocycles. The molecule has 0 aliphatic heterocycles. The molecule has 0 radical (unpaired) electrons. The third kappa shape index (κ3) is 3.27. The predicted octanol–water partition coefficient (Wildman–Crippen LogP) is 4.22. The van der Waals surface area contributed by atoms with E-state index in [9.17, 15) is 0 Å². The van der Waals surface area contributed by atoms with Crippen LogP contribution in [0.15, 0.2) is 12.1 Å². The van der Waals surface area contributed by atoms with Gasteiger partial charge < -0.3 is 4.74 Å². The summed E-state index contributed by atoms with van der Waals surface area (Å²) in [4.78, 5) is 0. The van der Waals surface area contributed by atoms with Crippen molar-refractivity contribution in [2.24, 2.45) is 0 Å². The second kappa shape index (κ2) is 6.35. The number of benzene rings is 1. The highest BCUT2D eigenvalue weighted by Crippen LogP contribution is 2.30. The van der Waals surface area contributed by atoms with Crippen LogP contribution in [-0.2, 0) is 0 Å². The molecular formula is C16H22O. The normalized spacial score (nSPS) is 11.6. The van der Waals surface area contributed by atoms with Crippen molar-refractivity contribution in [3.8, 4) is 17.6 Å². The van der Waals surface area contributed by atoms with Crippen molar-refractivity contribution in [3.05, 3.63) is 28.8 Å². The standard InChI is InChI=1S/C16H22O/c1-6-8-9-12(3)15-10-11-16(17-7-2)14(5)13(15)4/h10-12H,7,9H2,1-5H3. The van der Waals surface area contributed by atoms with Crippen molar-refractivity contribution in [2.45, 2.75) is 47.0 Å². The number of hydrogen-bond donors (Lipinski definition) is 0. The van der Waals surface area contributed by atoms with E-state index in [1.54, 1.807) is 0 Å². The molecule has 0 amide bonds. The fourth-order valence-electron chi connectivity index (χ4n) is 2.03. The molecule has 0 aliphatic rings. The predicted molar refractivity (Wildman–Crippen MR) is 73.6 cm³/mol. The van der Waals surface area contributed by atoms with Crippen molar-refractivity contribution in [2.75, 3.05) is 6.61 Å². The van der Waals surface area contributed by atoms with E-state index in [2.05, 4.69) is 44.7 Å². The Kier molecular flexibility index (Phi) is 5.10. The van der Waals surface area contributed by atoms with Gasteiger partial charge in [-0.05, 0) is 56.4 Å². The van der Waals surface area contributed by atoms with Gasteiger partial charge in [-0.15, -0.1) is 11.8 Å². The van der Waals surface area contributed by atoms with Crippen molar-refractivity contribution in [1.29, 1.82) is 0 Å². The number of hydrogen-bond acceptors (Lipinski definition) is 1. The topological polar surface area (TPSA) is 9.23 Å². The highest BCUT2D eigenvalue weighted by Gasteiger charge is 2.11. The molecule has 0 saturated heterocycles. The largest absolute Gasteiger partial charge is 0.494 e. The molecule has 1 aromatic rings. The first-order valence-corrected chi connectivity index (χ1v) is 6.24. The van der Waals surface area contributed by atoms with E-state index in [1.165, 1.54) is 16.7 Å². The molecule has 1 heteroatoms. The molecule has 17 heavy (non-hydrogen) atoms. The van der Waals surface area contributed by atoms with Crippen molar-refractivity contribution in [3.63, 3.8) is 0 Å². The minimum absolute atomic E-state index is 0.483. The third-order valence-electron chi connectivity index (χ3n) is 3.20. The summed E-state index contributed by atoms with van der Waals surface area (Å²) in [6.45, 7) is 11.2. The highest BCUT2D eigenvalue weighted by molar-refractivity contribution is 5.45. The molecule has 0 aromatic heterocycles. The smallest absolute Gasteiger partial charge is 0.122 e. The lowest BCUT2D eigenvalue weighted by atomic mass is 9.91. The zero-order chi connectivity index (χ0) is 12.8. The van der Waals surface area contributed by atoms with Gasteiger partial charge in [0.15, 0.2) is 0 Å². The van der Waals surface area contributed by atoms with E-state index in [-0.39, 0.29) is 0 Å². The van der Waals surface area contributed by atoms with E-state index in [4.69, 9.17) is 4.74 Å². The van der Waals surface area contributed by atoms with Crippen LogP contribution in [0, 0.1) is 25.7 Å². The Morgan fingerprint density at radius 1 is 1.24 bits per heavy atom. The monoisotopic (exact) mass is 230 g/mol. The van der Waals surface area contributed by atoms with E-state index >= 15 is 0 Å². The van der Waals surface area contributed by atoms with Crippen LogP contribution in [0.5, 0.6) is 5.75 Å². The number of rotatable bonds is 4. The molecule has 1 aromatic carbocycles. The quantitative estimate of drug-likeness (QED) is 0.704. The van der Waals surface area contributed by atoms with Crippen LogP contribution < -0.4 is 4.74 Å². The molecule has 0 bridgehead atoms. The molecular weight excluding hydrogens is 208 g/mol. The highest BCUT2D eigenvalue weighted by atomic mass is 16.5. The Morgan fingerprint density at radius 2 is 1.94 bits per heavy atom. The number of ether oxygens (including phenoxy) is 1. The first kappa shape index (κ1) is 13.6. The second-order valence-electron chi connectivity index (χ2n) is 4.37. The summed E-state index contributed by atoms with van der Waals surface area (Å²) in [5.74, 6) is 7.60. The van der Waals surface area contributed by atoms with Crippen molar-refractivity contribution >= 4 is 0 Å². The Labute approximate surface area is 105 Å². The van der Waals surface area contributed by atoms with Crippen LogP contribution in [0.3, 0.4) is 0 Å². The van der Waals surface area contributed by atoms with Crippen LogP contribution >= 0.6 is 0 Å². The Bertz CT molecular complexity index is 435. The van der Waals surface area contributed by atoms with Crippen molar-refractivity contribution in [1.82, 2.24) is 0 Å². The molecule has 0 aliphatic carbocycles. The van der Waals surface area contributed by atoms with Gasteiger partial charge in [-0.1, -0.05) is 13.0 Å². The molecule has 92 valence electrons. The van der Waals surface area contributed by atoms with Gasteiger partial charge in [-0.25, -0.2) is 0 Å². The lowest BCUT2D eigenvalue weighted by Gasteiger charge is -2.17. The zero-order valence-electron chi connectivity index (χ0n) is 11.6. The maximum absolute atomic E-state index is 5.61. The SMILES string of the molecule is CC#CCC(C)c1ccc(OCC)c(C)c1C. The van der Waals surface area contributed by atoms with Crippen molar-refractivity contribution < 1.29 is 4.74 Å². The molecule has 1 rings (SSSR count). The van der Waals surface area contributed by atoms with Gasteiger partial charge in [0.25, 0.3) is 0 Å². The van der Waals surface area contributed by atoms with Gasteiger partial charge in [0, 0.05) is 6.42 Å². The molecule has 0 fully saturated rings. The maximum atomic E-state index is 5.61. The minimum Gasteiger partial charge on any atom is -0.494 e. The van der Waals surface area contributed by atoms with Gasteiger partial charge in [0.2, 0.25) is 0 Å². The van der Waals surface area contributed by atoms with Gasteiger partial charge in [-0.2, -0.15) is 0 Å². The molecule has 1 unspecified atom stereocenters. The van der Waals surface area contributed by atoms with E-state index in [1.807, 2.05) is 13.8 Å². The summed E-state index contributed by atoms with van der Waals surface area (Å²) in [7, 11) is 0. The summed E-state index contributed by atoms with van der Waals surface area (Å²) < 4.78 is 5.61. The molecule has 0 N–H and O–H groups in total. The Balaban J connectivity index is 3.01. The van der Waals surface area contributed by atoms with Gasteiger partial charge >= 0.3 is 0 Å². The van der Waals surface area contributed by atoms with E-state index in [0.29, 0.717) is 5.92 Å². The fourth-order valence-corrected chi connectivity index (χ4v) is 2.03. The van der Waals surface area contributed by atoms with Crippen LogP contribution in [-0.4, -0.2) is 6.61 Å². The maximum Gasteiger partial charge on any atom is 0.122 e. The lowest BCUT2D eigenvalue weighted by molar-refractivity contribution is 0.337. The fraction of sp³-hybridized carbons (Fsp3) is 0.500. The second-order valence-corrected chi connectivity index (χ2v) is 4.37. The molecule has 1 nitrogen and oxygen atoms in total. The average Bonchev–Trinajstić information content (AvgIpc) is 2.32. The first-order valence-electron chi connectivity index (χ1n) is 6.24. The van der Waals surface area contributed by atoms with Crippen LogP contribution in [0.25, 0.3) is 0 Å². The summed E-state index contributed by atoms with van der Waals surface area (Å²) >= 11 is 0. The summed E-state index contributed by atoms with van der Waals surface area (Å²) in [6, 6.07) is 4.26. The van der Waals surface area contributed by atoms with Crippen LogP contribution in [0.4, 0.5) is 0 Å². The molecule has 1 atom stereocenters. The van der Waals surface area contributed by atoms with Crippen LogP contribution in [0.1, 0.15) is 49.8 Å². The molecule has 0 saturated carbocycles. The van der Waals surface area contributed by atoms with E-state index < -0.39 is 0 Å². The Hall–Kier alpha value is -1.42. The third-order valence-corrected chi connectivity index (χ3v) is 3.20.